The molecular weight excluding hydrogens is 425 g/mol. The molecule has 3 heterocycles. The number of benzene rings is 2. The van der Waals surface area contributed by atoms with Crippen molar-refractivity contribution < 1.29 is 9.18 Å². The number of carbonyl (C=O) groups is 1. The Morgan fingerprint density at radius 2 is 1.85 bits per heavy atom. The molecule has 1 fully saturated rings. The van der Waals surface area contributed by atoms with Crippen LogP contribution in [0.2, 0.25) is 0 Å². The molecule has 0 spiro atoms. The van der Waals surface area contributed by atoms with E-state index in [1.807, 2.05) is 35.0 Å². The van der Waals surface area contributed by atoms with Crippen LogP contribution in [-0.4, -0.2) is 43.0 Å². The minimum atomic E-state index is -0.533. The first-order chi connectivity index (χ1) is 16.0. The van der Waals surface area contributed by atoms with Crippen molar-refractivity contribution in [3.63, 3.8) is 0 Å². The van der Waals surface area contributed by atoms with Crippen LogP contribution >= 0.6 is 0 Å². The quantitative estimate of drug-likeness (QED) is 0.520. The summed E-state index contributed by atoms with van der Waals surface area (Å²) in [4.78, 5) is 46.8. The van der Waals surface area contributed by atoms with Gasteiger partial charge in [-0.3, -0.25) is 14.2 Å². The topological polar surface area (TPSA) is 93.0 Å². The van der Waals surface area contributed by atoms with Crippen LogP contribution in [-0.2, 0) is 6.54 Å². The Bertz CT molecular complexity index is 1420. The molecule has 8 nitrogen and oxygen atoms in total. The molecule has 9 heteroatoms. The number of hydrogen-bond donors (Lipinski definition) is 1. The van der Waals surface area contributed by atoms with E-state index >= 15 is 0 Å². The lowest BCUT2D eigenvalue weighted by Gasteiger charge is -2.32. The Hall–Kier alpha value is -4.01. The molecule has 1 aliphatic heterocycles. The highest BCUT2D eigenvalue weighted by molar-refractivity contribution is 5.94. The third-order valence-corrected chi connectivity index (χ3v) is 6.13. The normalized spacial score (nSPS) is 14.6. The number of nitrogens with zero attached hydrogens (tertiary/aromatic N) is 4. The number of rotatable bonds is 4. The molecule has 1 amide bonds. The number of halogens is 1. The molecular formula is C24H22FN5O3. The number of carbonyl (C=O) groups excluding carboxylic acids is 1. The first kappa shape index (κ1) is 20.9. The summed E-state index contributed by atoms with van der Waals surface area (Å²) in [6.45, 7) is 1.53. The lowest BCUT2D eigenvalue weighted by atomic mass is 10.0. The minimum Gasteiger partial charge on any atom is -0.338 e. The fourth-order valence-electron chi connectivity index (χ4n) is 4.39. The van der Waals surface area contributed by atoms with Crippen LogP contribution in [0, 0.1) is 5.82 Å². The van der Waals surface area contributed by atoms with Gasteiger partial charge in [-0.15, -0.1) is 0 Å². The Morgan fingerprint density at radius 3 is 2.55 bits per heavy atom. The van der Waals surface area contributed by atoms with Crippen molar-refractivity contribution in [2.45, 2.75) is 25.4 Å². The Kier molecular flexibility index (Phi) is 5.37. The van der Waals surface area contributed by atoms with Crippen molar-refractivity contribution >= 4 is 16.8 Å². The number of aromatic nitrogens is 4. The van der Waals surface area contributed by atoms with Gasteiger partial charge in [0.25, 0.3) is 11.5 Å². The van der Waals surface area contributed by atoms with Gasteiger partial charge in [-0.1, -0.05) is 12.1 Å². The molecule has 168 valence electrons. The van der Waals surface area contributed by atoms with E-state index in [0.29, 0.717) is 43.6 Å². The number of fused-ring (bicyclic) bond motifs is 1. The van der Waals surface area contributed by atoms with Crippen LogP contribution in [0.4, 0.5) is 4.39 Å². The summed E-state index contributed by atoms with van der Waals surface area (Å²) in [5.74, 6) is -0.612. The van der Waals surface area contributed by atoms with Gasteiger partial charge in [0.15, 0.2) is 0 Å². The predicted molar refractivity (Wildman–Crippen MR) is 121 cm³/mol. The number of nitrogens with one attached hydrogen (secondary N) is 1. The van der Waals surface area contributed by atoms with E-state index < -0.39 is 17.1 Å². The summed E-state index contributed by atoms with van der Waals surface area (Å²) < 4.78 is 16.7. The fourth-order valence-corrected chi connectivity index (χ4v) is 4.39. The highest BCUT2D eigenvalue weighted by Crippen LogP contribution is 2.22. The maximum absolute atomic E-state index is 13.6. The summed E-state index contributed by atoms with van der Waals surface area (Å²) in [6, 6.07) is 10.9. The van der Waals surface area contributed by atoms with E-state index in [1.165, 1.54) is 12.1 Å². The lowest BCUT2D eigenvalue weighted by molar-refractivity contribution is 0.0692. The minimum absolute atomic E-state index is 0.0792. The second-order valence-electron chi connectivity index (χ2n) is 8.25. The van der Waals surface area contributed by atoms with Crippen LogP contribution in [0.15, 0.2) is 70.8 Å². The van der Waals surface area contributed by atoms with Gasteiger partial charge in [0.05, 0.1) is 17.2 Å². The average molecular weight is 447 g/mol. The van der Waals surface area contributed by atoms with Gasteiger partial charge in [0.2, 0.25) is 0 Å². The molecule has 33 heavy (non-hydrogen) atoms. The molecule has 1 N–H and O–H groups in total. The number of H-pyrrole nitrogens is 1. The SMILES string of the molecule is O=C(c1ccc(Cn2ccnc2)cc1)N1CCC(n2c(=O)[nH]c3ccc(F)cc3c2=O)CC1. The lowest BCUT2D eigenvalue weighted by Crippen LogP contribution is -2.45. The monoisotopic (exact) mass is 447 g/mol. The molecule has 0 bridgehead atoms. The van der Waals surface area contributed by atoms with Gasteiger partial charge in [0, 0.05) is 43.6 Å². The van der Waals surface area contributed by atoms with Crippen LogP contribution in [0.3, 0.4) is 0 Å². The van der Waals surface area contributed by atoms with Crippen molar-refractivity contribution in [3.8, 4) is 0 Å². The number of likely N-dealkylation sites (tertiary alicyclic amines) is 1. The van der Waals surface area contributed by atoms with Crippen LogP contribution in [0.5, 0.6) is 0 Å². The summed E-state index contributed by atoms with van der Waals surface area (Å²) >= 11 is 0. The van der Waals surface area contributed by atoms with E-state index in [9.17, 15) is 18.8 Å². The van der Waals surface area contributed by atoms with Crippen molar-refractivity contribution in [1.82, 2.24) is 24.0 Å². The zero-order valence-electron chi connectivity index (χ0n) is 17.8. The van der Waals surface area contributed by atoms with E-state index in [4.69, 9.17) is 0 Å². The largest absolute Gasteiger partial charge is 0.338 e. The zero-order chi connectivity index (χ0) is 22.9. The molecule has 1 aliphatic rings. The number of amides is 1. The number of imidazole rings is 1. The summed E-state index contributed by atoms with van der Waals surface area (Å²) in [7, 11) is 0. The van der Waals surface area contributed by atoms with Crippen LogP contribution in [0.25, 0.3) is 10.9 Å². The first-order valence-corrected chi connectivity index (χ1v) is 10.8. The first-order valence-electron chi connectivity index (χ1n) is 10.8. The molecule has 0 unspecified atom stereocenters. The Labute approximate surface area is 187 Å². The van der Waals surface area contributed by atoms with E-state index in [-0.39, 0.29) is 17.3 Å². The summed E-state index contributed by atoms with van der Waals surface area (Å²) in [5, 5.41) is 0.142. The molecule has 2 aromatic carbocycles. The van der Waals surface area contributed by atoms with Crippen molar-refractivity contribution in [3.05, 3.63) is 99.0 Å². The van der Waals surface area contributed by atoms with Gasteiger partial charge in [-0.2, -0.15) is 0 Å². The zero-order valence-corrected chi connectivity index (χ0v) is 17.8. The molecule has 0 atom stereocenters. The number of hydrogen-bond acceptors (Lipinski definition) is 4. The maximum atomic E-state index is 13.6. The van der Waals surface area contributed by atoms with E-state index in [2.05, 4.69) is 9.97 Å². The summed E-state index contributed by atoms with van der Waals surface area (Å²) in [5.41, 5.74) is 0.948. The second-order valence-corrected chi connectivity index (χ2v) is 8.25. The average Bonchev–Trinajstić information content (AvgIpc) is 3.33. The molecule has 0 saturated carbocycles. The van der Waals surface area contributed by atoms with Gasteiger partial charge in [-0.25, -0.2) is 14.2 Å². The summed E-state index contributed by atoms with van der Waals surface area (Å²) in [6.07, 6.45) is 6.28. The van der Waals surface area contributed by atoms with E-state index in [0.717, 1.165) is 16.2 Å². The Morgan fingerprint density at radius 1 is 1.09 bits per heavy atom. The third-order valence-electron chi connectivity index (χ3n) is 6.13. The van der Waals surface area contributed by atoms with Crippen LogP contribution < -0.4 is 11.2 Å². The molecule has 0 aliphatic carbocycles. The number of aromatic amines is 1. The highest BCUT2D eigenvalue weighted by Gasteiger charge is 2.27. The van der Waals surface area contributed by atoms with Gasteiger partial charge < -0.3 is 14.5 Å². The van der Waals surface area contributed by atoms with Gasteiger partial charge in [0.1, 0.15) is 5.82 Å². The van der Waals surface area contributed by atoms with Crippen molar-refractivity contribution in [1.29, 1.82) is 0 Å². The smallest absolute Gasteiger partial charge is 0.329 e. The molecule has 0 radical (unpaired) electrons. The molecule has 1 saturated heterocycles. The predicted octanol–water partition coefficient (Wildman–Crippen LogP) is 2.55. The fraction of sp³-hybridized carbons (Fsp3) is 0.250. The number of piperidine rings is 1. The van der Waals surface area contributed by atoms with Crippen LogP contribution in [0.1, 0.15) is 34.8 Å². The standard InChI is InChI=1S/C24H22FN5O3/c25-18-5-6-21-20(13-18)23(32)30(24(33)27-21)19-7-10-29(11-8-19)22(31)17-3-1-16(2-4-17)14-28-12-9-26-15-28/h1-6,9,12-13,15,19H,7-8,10-11,14H2,(H,27,33). The van der Waals surface area contributed by atoms with Crippen molar-refractivity contribution in [2.24, 2.45) is 0 Å². The molecule has 5 rings (SSSR count). The van der Waals surface area contributed by atoms with Crippen molar-refractivity contribution in [2.75, 3.05) is 13.1 Å². The van der Waals surface area contributed by atoms with E-state index in [1.54, 1.807) is 17.4 Å². The maximum Gasteiger partial charge on any atom is 0.329 e. The highest BCUT2D eigenvalue weighted by atomic mass is 19.1. The molecule has 4 aromatic rings. The molecule has 2 aromatic heterocycles. The van der Waals surface area contributed by atoms with Gasteiger partial charge >= 0.3 is 5.69 Å². The Balaban J connectivity index is 1.29. The van der Waals surface area contributed by atoms with Gasteiger partial charge in [-0.05, 0) is 48.7 Å². The second kappa shape index (κ2) is 8.50. The third kappa shape index (κ3) is 4.09.